The molecule has 236 valence electrons. The quantitative estimate of drug-likeness (QED) is 0.0881. The Morgan fingerprint density at radius 1 is 0.535 bits per heavy atom. The molecule has 4 heteroatoms. The van der Waals surface area contributed by atoms with Crippen LogP contribution in [0.15, 0.2) is 53.4 Å². The van der Waals surface area contributed by atoms with Gasteiger partial charge < -0.3 is 9.31 Å². The topological polar surface area (TPSA) is 18.5 Å². The summed E-state index contributed by atoms with van der Waals surface area (Å²) in [5.74, 6) is 0. The third-order valence-electron chi connectivity index (χ3n) is 9.99. The lowest BCUT2D eigenvalue weighted by atomic mass is 9.68. The Labute approximate surface area is 273 Å². The summed E-state index contributed by atoms with van der Waals surface area (Å²) in [7, 11) is -0.326. The number of fused-ring (bicyclic) bond motifs is 3. The van der Waals surface area contributed by atoms with Crippen molar-refractivity contribution in [3.8, 4) is 11.1 Å². The predicted octanol–water partition coefficient (Wildman–Crippen LogP) is 12.6. The zero-order valence-electron chi connectivity index (χ0n) is 27.4. The van der Waals surface area contributed by atoms with Crippen LogP contribution in [0.4, 0.5) is 0 Å². The number of halogens is 1. The summed E-state index contributed by atoms with van der Waals surface area (Å²) in [6.07, 6.45) is 33.4. The average Bonchev–Trinajstić information content (AvgIpc) is 3.65. The molecule has 0 radical (unpaired) electrons. The molecule has 2 aromatic carbocycles. The fourth-order valence-electron chi connectivity index (χ4n) is 7.52. The number of unbranched alkanes of at least 4 members (excludes halogenated alkanes) is 18. The second-order valence-corrected chi connectivity index (χ2v) is 14.2. The van der Waals surface area contributed by atoms with Gasteiger partial charge in [0.15, 0.2) is 0 Å². The maximum absolute atomic E-state index is 5.79. The maximum atomic E-state index is 5.79. The Balaban J connectivity index is 1.42. The Hall–Kier alpha value is -1.68. The lowest BCUT2D eigenvalue weighted by Gasteiger charge is -2.33. The molecule has 0 amide bonds. The van der Waals surface area contributed by atoms with Gasteiger partial charge in [0.05, 0.1) is 12.5 Å². The van der Waals surface area contributed by atoms with Crippen LogP contribution in [-0.4, -0.2) is 7.12 Å². The van der Waals surface area contributed by atoms with Crippen molar-refractivity contribution in [1.29, 1.82) is 0 Å². The highest BCUT2D eigenvalue weighted by Gasteiger charge is 2.43. The van der Waals surface area contributed by atoms with Crippen LogP contribution in [0.25, 0.3) is 11.1 Å². The number of benzene rings is 2. The number of hydrogen-bond acceptors (Lipinski definition) is 2. The lowest BCUT2D eigenvalue weighted by molar-refractivity contribution is 0.396. The standard InChI is InChI=1S/C39H58BBrO2/c1-3-5-7-9-11-13-15-17-19-21-27-39(28-22-20-18-16-14-12-10-8-6-4-2)37-31-33(40-42-29-30-43-40)23-25-35(37)36-26-24-34(41)32-38(36)39/h23-26,29-32H,3-22,27-28H2,1-2H3. The van der Waals surface area contributed by atoms with E-state index < -0.39 is 0 Å². The molecule has 1 aliphatic heterocycles. The molecule has 2 aliphatic rings. The minimum atomic E-state index is -0.326. The fraction of sp³-hybridized carbons (Fsp3) is 0.641. The van der Waals surface area contributed by atoms with Gasteiger partial charge in [0, 0.05) is 15.4 Å². The Bertz CT molecular complexity index is 1080. The molecule has 0 atom stereocenters. The molecule has 4 rings (SSSR count). The van der Waals surface area contributed by atoms with Gasteiger partial charge in [-0.3, -0.25) is 0 Å². The van der Waals surface area contributed by atoms with Crippen LogP contribution >= 0.6 is 15.9 Å². The summed E-state index contributed by atoms with van der Waals surface area (Å²) in [6, 6.07) is 14.0. The van der Waals surface area contributed by atoms with Crippen molar-refractivity contribution < 1.29 is 9.31 Å². The molecule has 0 bridgehead atoms. The van der Waals surface area contributed by atoms with Crippen molar-refractivity contribution in [3.05, 3.63) is 64.5 Å². The van der Waals surface area contributed by atoms with Crippen molar-refractivity contribution in [1.82, 2.24) is 0 Å². The highest BCUT2D eigenvalue weighted by atomic mass is 79.9. The third kappa shape index (κ3) is 9.91. The largest absolute Gasteiger partial charge is 0.632 e. The van der Waals surface area contributed by atoms with E-state index in [1.54, 1.807) is 12.5 Å². The molecule has 0 spiro atoms. The molecule has 0 saturated carbocycles. The molecular formula is C39H58BBrO2. The molecule has 0 fully saturated rings. The smallest absolute Gasteiger partial charge is 0.525 e. The van der Waals surface area contributed by atoms with Crippen molar-refractivity contribution in [2.24, 2.45) is 0 Å². The van der Waals surface area contributed by atoms with Gasteiger partial charge in [-0.05, 0) is 47.2 Å². The first kappa shape index (κ1) is 34.2. The van der Waals surface area contributed by atoms with Crippen LogP contribution in [0.5, 0.6) is 0 Å². The van der Waals surface area contributed by atoms with E-state index in [1.165, 1.54) is 168 Å². The van der Waals surface area contributed by atoms with Crippen LogP contribution in [-0.2, 0) is 14.7 Å². The highest BCUT2D eigenvalue weighted by Crippen LogP contribution is 2.54. The summed E-state index contributed by atoms with van der Waals surface area (Å²) in [4.78, 5) is 0. The highest BCUT2D eigenvalue weighted by molar-refractivity contribution is 9.10. The predicted molar refractivity (Wildman–Crippen MR) is 190 cm³/mol. The van der Waals surface area contributed by atoms with Crippen molar-refractivity contribution in [2.75, 3.05) is 0 Å². The van der Waals surface area contributed by atoms with Gasteiger partial charge in [0.2, 0.25) is 0 Å². The normalized spacial score (nSPS) is 14.5. The van der Waals surface area contributed by atoms with Gasteiger partial charge in [-0.1, -0.05) is 182 Å². The molecule has 0 saturated heterocycles. The first-order valence-corrected chi connectivity index (χ1v) is 18.9. The Kier molecular flexibility index (Phi) is 15.1. The SMILES string of the molecule is CCCCCCCCCCCCC1(CCCCCCCCCCCC)c2cc(Br)ccc2-c2ccc(B3OC=CO3)cc21. The summed E-state index contributed by atoms with van der Waals surface area (Å²) in [6.45, 7) is 4.61. The maximum Gasteiger partial charge on any atom is 0.632 e. The molecule has 0 unspecified atom stereocenters. The van der Waals surface area contributed by atoms with E-state index in [-0.39, 0.29) is 12.5 Å². The molecular weight excluding hydrogens is 591 g/mol. The van der Waals surface area contributed by atoms with E-state index in [1.807, 2.05) is 0 Å². The van der Waals surface area contributed by atoms with Crippen LogP contribution in [0.2, 0.25) is 0 Å². The molecule has 2 nitrogen and oxygen atoms in total. The molecule has 2 aromatic rings. The average molecular weight is 650 g/mol. The lowest BCUT2D eigenvalue weighted by Crippen LogP contribution is -2.34. The fourth-order valence-corrected chi connectivity index (χ4v) is 7.88. The number of hydrogen-bond donors (Lipinski definition) is 0. The van der Waals surface area contributed by atoms with Gasteiger partial charge in [0.25, 0.3) is 0 Å². The van der Waals surface area contributed by atoms with Gasteiger partial charge in [-0.25, -0.2) is 0 Å². The molecule has 0 N–H and O–H groups in total. The molecule has 43 heavy (non-hydrogen) atoms. The van der Waals surface area contributed by atoms with Gasteiger partial charge in [0.1, 0.15) is 0 Å². The summed E-state index contributed by atoms with van der Waals surface area (Å²) in [5.41, 5.74) is 7.07. The van der Waals surface area contributed by atoms with Gasteiger partial charge in [-0.2, -0.15) is 0 Å². The van der Waals surface area contributed by atoms with Crippen LogP contribution < -0.4 is 5.46 Å². The van der Waals surface area contributed by atoms with E-state index in [0.29, 0.717) is 0 Å². The van der Waals surface area contributed by atoms with E-state index in [9.17, 15) is 0 Å². The summed E-state index contributed by atoms with van der Waals surface area (Å²) < 4.78 is 12.8. The Morgan fingerprint density at radius 3 is 1.44 bits per heavy atom. The van der Waals surface area contributed by atoms with Crippen LogP contribution in [0, 0.1) is 0 Å². The summed E-state index contributed by atoms with van der Waals surface area (Å²) in [5, 5.41) is 0. The second-order valence-electron chi connectivity index (χ2n) is 13.3. The minimum Gasteiger partial charge on any atom is -0.525 e. The van der Waals surface area contributed by atoms with Crippen molar-refractivity contribution in [2.45, 2.75) is 161 Å². The number of rotatable bonds is 23. The monoisotopic (exact) mass is 648 g/mol. The molecule has 1 aliphatic carbocycles. The zero-order valence-corrected chi connectivity index (χ0v) is 29.0. The van der Waals surface area contributed by atoms with E-state index in [0.717, 1.165) is 5.46 Å². The second kappa shape index (κ2) is 19.0. The van der Waals surface area contributed by atoms with Gasteiger partial charge >= 0.3 is 7.12 Å². The van der Waals surface area contributed by atoms with Crippen LogP contribution in [0.1, 0.15) is 166 Å². The Morgan fingerprint density at radius 2 is 0.953 bits per heavy atom. The van der Waals surface area contributed by atoms with Crippen molar-refractivity contribution in [3.63, 3.8) is 0 Å². The van der Waals surface area contributed by atoms with E-state index in [4.69, 9.17) is 9.31 Å². The summed E-state index contributed by atoms with van der Waals surface area (Å²) >= 11 is 3.85. The third-order valence-corrected chi connectivity index (χ3v) is 10.5. The van der Waals surface area contributed by atoms with Crippen molar-refractivity contribution >= 4 is 28.5 Å². The van der Waals surface area contributed by atoms with Crippen LogP contribution in [0.3, 0.4) is 0 Å². The van der Waals surface area contributed by atoms with Gasteiger partial charge in [-0.15, -0.1) is 0 Å². The zero-order chi connectivity index (χ0) is 30.2. The van der Waals surface area contributed by atoms with E-state index >= 15 is 0 Å². The first-order chi connectivity index (χ1) is 21.2. The van der Waals surface area contributed by atoms with E-state index in [2.05, 4.69) is 66.2 Å². The first-order valence-electron chi connectivity index (χ1n) is 18.1. The minimum absolute atomic E-state index is 0.0663. The molecule has 1 heterocycles. The molecule has 0 aromatic heterocycles.